The van der Waals surface area contributed by atoms with Gasteiger partial charge in [0.25, 0.3) is 0 Å². The quantitative estimate of drug-likeness (QED) is 0.799. The minimum Gasteiger partial charge on any atom is -0.301 e. The Morgan fingerprint density at radius 1 is 1.48 bits per heavy atom. The fourth-order valence-electron chi connectivity index (χ4n) is 2.48. The van der Waals surface area contributed by atoms with Crippen LogP contribution in [0.25, 0.3) is 10.6 Å². The smallest absolute Gasteiger partial charge is 0.244 e. The predicted octanol–water partition coefficient (Wildman–Crippen LogP) is 3.00. The Balaban J connectivity index is 1.72. The number of nitrogens with one attached hydrogen (secondary N) is 1. The van der Waals surface area contributed by atoms with Crippen LogP contribution >= 0.6 is 38.6 Å². The minimum atomic E-state index is -3.37. The summed E-state index contributed by atoms with van der Waals surface area (Å²) < 4.78 is 25.7. The summed E-state index contributed by atoms with van der Waals surface area (Å²) in [5, 5.41) is 5.09. The Labute approximate surface area is 150 Å². The molecule has 0 aliphatic carbocycles. The molecule has 1 saturated heterocycles. The van der Waals surface area contributed by atoms with Crippen molar-refractivity contribution in [2.45, 2.75) is 18.9 Å². The molecule has 1 aliphatic rings. The first kappa shape index (κ1) is 17.0. The van der Waals surface area contributed by atoms with E-state index in [2.05, 4.69) is 26.2 Å². The Morgan fingerprint density at radius 2 is 2.26 bits per heavy atom. The molecule has 1 aliphatic heterocycles. The normalized spacial score (nSPS) is 19.1. The molecule has 1 amide bonds. The lowest BCUT2D eigenvalue weighted by Crippen LogP contribution is -2.42. The summed E-state index contributed by atoms with van der Waals surface area (Å²) >= 11 is 6.30. The van der Waals surface area contributed by atoms with E-state index in [1.54, 1.807) is 11.3 Å². The maximum absolute atomic E-state index is 12.4. The molecule has 0 saturated carbocycles. The molecule has 1 fully saturated rings. The van der Waals surface area contributed by atoms with Crippen LogP contribution in [0.1, 0.15) is 12.8 Å². The number of hydrogen-bond acceptors (Lipinski definition) is 6. The van der Waals surface area contributed by atoms with Crippen LogP contribution in [0.3, 0.4) is 0 Å². The second-order valence-electron chi connectivity index (χ2n) is 5.16. The van der Waals surface area contributed by atoms with Gasteiger partial charge in [-0.1, -0.05) is 0 Å². The number of sulfonamides is 1. The zero-order valence-corrected chi connectivity index (χ0v) is 16.2. The highest BCUT2D eigenvalue weighted by Crippen LogP contribution is 2.33. The molecule has 2 aromatic heterocycles. The first-order valence-electron chi connectivity index (χ1n) is 6.83. The average molecular weight is 436 g/mol. The number of nitrogens with zero attached hydrogens (tertiary/aromatic N) is 2. The first-order valence-corrected chi connectivity index (χ1v) is 11.2. The first-order chi connectivity index (χ1) is 10.8. The monoisotopic (exact) mass is 435 g/mol. The third kappa shape index (κ3) is 3.82. The van der Waals surface area contributed by atoms with Crippen LogP contribution in [-0.4, -0.2) is 42.5 Å². The Bertz CT molecular complexity index is 830. The van der Waals surface area contributed by atoms with Crippen LogP contribution in [0.5, 0.6) is 0 Å². The van der Waals surface area contributed by atoms with E-state index in [4.69, 9.17) is 0 Å². The van der Waals surface area contributed by atoms with E-state index in [-0.39, 0.29) is 5.91 Å². The van der Waals surface area contributed by atoms with E-state index in [9.17, 15) is 13.2 Å². The van der Waals surface area contributed by atoms with Gasteiger partial charge in [0.2, 0.25) is 15.9 Å². The summed E-state index contributed by atoms with van der Waals surface area (Å²) in [4.78, 5) is 17.8. The Morgan fingerprint density at radius 3 is 2.91 bits per heavy atom. The van der Waals surface area contributed by atoms with E-state index in [0.29, 0.717) is 24.5 Å². The van der Waals surface area contributed by atoms with Crippen molar-refractivity contribution in [3.63, 3.8) is 0 Å². The minimum absolute atomic E-state index is 0.318. The number of anilines is 1. The summed E-state index contributed by atoms with van der Waals surface area (Å²) in [5.41, 5.74) is 0.799. The van der Waals surface area contributed by atoms with Crippen molar-refractivity contribution in [2.75, 3.05) is 18.1 Å². The van der Waals surface area contributed by atoms with Crippen molar-refractivity contribution in [1.82, 2.24) is 9.29 Å². The summed E-state index contributed by atoms with van der Waals surface area (Å²) in [6.07, 6.45) is 2.36. The fraction of sp³-hybridized carbons (Fsp3) is 0.385. The second kappa shape index (κ2) is 6.60. The zero-order chi connectivity index (χ0) is 16.6. The molecule has 0 spiro atoms. The predicted molar refractivity (Wildman–Crippen MR) is 96.3 cm³/mol. The van der Waals surface area contributed by atoms with Gasteiger partial charge in [0, 0.05) is 11.9 Å². The molecule has 0 bridgehead atoms. The van der Waals surface area contributed by atoms with Crippen molar-refractivity contribution >= 4 is 59.7 Å². The number of halogens is 1. The molecule has 23 heavy (non-hydrogen) atoms. The summed E-state index contributed by atoms with van der Waals surface area (Å²) in [6, 6.07) is 3.26. The van der Waals surface area contributed by atoms with Gasteiger partial charge in [-0.05, 0) is 40.9 Å². The summed E-state index contributed by atoms with van der Waals surface area (Å²) in [6.45, 7) is 0.392. The van der Waals surface area contributed by atoms with Crippen LogP contribution in [0.2, 0.25) is 0 Å². The summed E-state index contributed by atoms with van der Waals surface area (Å²) in [7, 11) is -3.37. The highest BCUT2D eigenvalue weighted by atomic mass is 79.9. The van der Waals surface area contributed by atoms with Gasteiger partial charge in [0.15, 0.2) is 5.13 Å². The van der Waals surface area contributed by atoms with E-state index < -0.39 is 16.1 Å². The molecule has 3 rings (SSSR count). The van der Waals surface area contributed by atoms with E-state index >= 15 is 0 Å². The lowest BCUT2D eigenvalue weighted by Gasteiger charge is -2.20. The molecule has 1 N–H and O–H groups in total. The van der Waals surface area contributed by atoms with Crippen molar-refractivity contribution in [3.05, 3.63) is 21.3 Å². The molecular formula is C13H14BrN3O3S3. The largest absolute Gasteiger partial charge is 0.301 e. The maximum Gasteiger partial charge on any atom is 0.244 e. The summed E-state index contributed by atoms with van der Waals surface area (Å²) in [5.74, 6) is -0.318. The standard InChI is InChI=1S/C13H14BrN3O3S3/c1-23(19,20)17-6-2-3-9(17)12(18)16-13-15-8(7-21-13)10-4-5-11(14)22-10/h4-5,7,9H,2-3,6H2,1H3,(H,15,16,18). The highest BCUT2D eigenvalue weighted by molar-refractivity contribution is 9.11. The lowest BCUT2D eigenvalue weighted by molar-refractivity contribution is -0.119. The van der Waals surface area contributed by atoms with Crippen LogP contribution in [0.4, 0.5) is 5.13 Å². The third-order valence-electron chi connectivity index (χ3n) is 3.49. The molecule has 3 heterocycles. The number of hydrogen-bond donors (Lipinski definition) is 1. The van der Waals surface area contributed by atoms with E-state index in [1.165, 1.54) is 15.6 Å². The van der Waals surface area contributed by atoms with Crippen molar-refractivity contribution in [1.29, 1.82) is 0 Å². The molecule has 6 nitrogen and oxygen atoms in total. The van der Waals surface area contributed by atoms with Gasteiger partial charge in [-0.3, -0.25) is 4.79 Å². The second-order valence-corrected chi connectivity index (χ2v) is 10.4. The average Bonchev–Trinajstić information content (AvgIpc) is 3.15. The van der Waals surface area contributed by atoms with Gasteiger partial charge in [0.1, 0.15) is 6.04 Å². The Kier molecular flexibility index (Phi) is 4.88. The SMILES string of the molecule is CS(=O)(=O)N1CCCC1C(=O)Nc1nc(-c2ccc(Br)s2)cs1. The van der Waals surface area contributed by atoms with Crippen LogP contribution in [0.15, 0.2) is 21.3 Å². The van der Waals surface area contributed by atoms with Crippen LogP contribution < -0.4 is 5.32 Å². The Hall–Kier alpha value is -0.810. The molecule has 0 radical (unpaired) electrons. The van der Waals surface area contributed by atoms with Gasteiger partial charge in [-0.25, -0.2) is 13.4 Å². The van der Waals surface area contributed by atoms with E-state index in [0.717, 1.165) is 20.6 Å². The number of aromatic nitrogens is 1. The molecule has 1 unspecified atom stereocenters. The molecule has 1 atom stereocenters. The maximum atomic E-state index is 12.4. The number of thiazole rings is 1. The number of carbonyl (C=O) groups is 1. The van der Waals surface area contributed by atoms with E-state index in [1.807, 2.05) is 17.5 Å². The number of thiophene rings is 1. The van der Waals surface area contributed by atoms with Crippen LogP contribution in [0, 0.1) is 0 Å². The number of amides is 1. The molecule has 0 aromatic carbocycles. The zero-order valence-electron chi connectivity index (χ0n) is 12.2. The van der Waals surface area contributed by atoms with Gasteiger partial charge < -0.3 is 5.32 Å². The fourth-order valence-corrected chi connectivity index (χ4v) is 5.74. The highest BCUT2D eigenvalue weighted by Gasteiger charge is 2.36. The number of rotatable bonds is 4. The molecule has 10 heteroatoms. The van der Waals surface area contributed by atoms with Gasteiger partial charge in [-0.2, -0.15) is 4.31 Å². The van der Waals surface area contributed by atoms with Crippen molar-refractivity contribution < 1.29 is 13.2 Å². The molecule has 124 valence electrons. The van der Waals surface area contributed by atoms with Crippen molar-refractivity contribution in [2.24, 2.45) is 0 Å². The van der Waals surface area contributed by atoms with Crippen LogP contribution in [-0.2, 0) is 14.8 Å². The van der Waals surface area contributed by atoms with Gasteiger partial charge in [-0.15, -0.1) is 22.7 Å². The van der Waals surface area contributed by atoms with Crippen molar-refractivity contribution in [3.8, 4) is 10.6 Å². The number of carbonyl (C=O) groups excluding carboxylic acids is 1. The lowest BCUT2D eigenvalue weighted by atomic mass is 10.2. The van der Waals surface area contributed by atoms with Gasteiger partial charge >= 0.3 is 0 Å². The molecular weight excluding hydrogens is 422 g/mol. The topological polar surface area (TPSA) is 79.4 Å². The van der Waals surface area contributed by atoms with Gasteiger partial charge in [0.05, 0.1) is 20.6 Å². The molecule has 2 aromatic rings. The third-order valence-corrected chi connectivity index (χ3v) is 7.19.